The van der Waals surface area contributed by atoms with Gasteiger partial charge < -0.3 is 10.1 Å². The molecular weight excluding hydrogens is 276 g/mol. The molecule has 0 atom stereocenters. The Morgan fingerprint density at radius 3 is 2.80 bits per heavy atom. The fraction of sp³-hybridized carbons (Fsp3) is 0.571. The summed E-state index contributed by atoms with van der Waals surface area (Å²) in [7, 11) is -3.47. The van der Waals surface area contributed by atoms with E-state index < -0.39 is 10.0 Å². The van der Waals surface area contributed by atoms with Gasteiger partial charge in [-0.1, -0.05) is 0 Å². The molecule has 0 saturated carbocycles. The Balaban J connectivity index is 1.84. The summed E-state index contributed by atoms with van der Waals surface area (Å²) < 4.78 is 33.3. The third-order valence-electron chi connectivity index (χ3n) is 4.06. The first-order valence-corrected chi connectivity index (χ1v) is 8.47. The van der Waals surface area contributed by atoms with Crippen LogP contribution in [0.5, 0.6) is 5.75 Å². The smallest absolute Gasteiger partial charge is 0.241 e. The van der Waals surface area contributed by atoms with Gasteiger partial charge in [-0.2, -0.15) is 0 Å². The number of nitrogens with one attached hydrogen (secondary N) is 2. The average Bonchev–Trinajstić information content (AvgIpc) is 2.85. The lowest BCUT2D eigenvalue weighted by atomic mass is 9.92. The Morgan fingerprint density at radius 1 is 1.30 bits per heavy atom. The maximum Gasteiger partial charge on any atom is 0.241 e. The molecule has 0 radical (unpaired) electrons. The first-order valence-electron chi connectivity index (χ1n) is 6.99. The van der Waals surface area contributed by atoms with Gasteiger partial charge in [-0.3, -0.25) is 0 Å². The Kier molecular flexibility index (Phi) is 3.48. The number of sulfonamides is 1. The Hall–Kier alpha value is -1.11. The zero-order valence-electron chi connectivity index (χ0n) is 11.6. The molecule has 6 heteroatoms. The lowest BCUT2D eigenvalue weighted by molar-refractivity contribution is 0.308. The van der Waals surface area contributed by atoms with Gasteiger partial charge in [0.2, 0.25) is 10.0 Å². The lowest BCUT2D eigenvalue weighted by Gasteiger charge is -2.34. The van der Waals surface area contributed by atoms with Gasteiger partial charge in [0.25, 0.3) is 0 Å². The molecule has 110 valence electrons. The van der Waals surface area contributed by atoms with Crippen molar-refractivity contribution < 1.29 is 13.2 Å². The van der Waals surface area contributed by atoms with E-state index >= 15 is 0 Å². The standard InChI is InChI=1S/C14H20N2O3S/c1-14(5-7-15-8-6-14)16-20(17,18)12-2-3-13-11(10-12)4-9-19-13/h2-3,10,15-16H,4-9H2,1H3. The summed E-state index contributed by atoms with van der Waals surface area (Å²) in [6.45, 7) is 4.30. The molecule has 0 bridgehead atoms. The van der Waals surface area contributed by atoms with Crippen LogP contribution >= 0.6 is 0 Å². The van der Waals surface area contributed by atoms with Crippen LogP contribution in [-0.2, 0) is 16.4 Å². The summed E-state index contributed by atoms with van der Waals surface area (Å²) in [5.74, 6) is 0.803. The molecule has 2 aliphatic rings. The van der Waals surface area contributed by atoms with Gasteiger partial charge in [-0.25, -0.2) is 13.1 Å². The van der Waals surface area contributed by atoms with Crippen LogP contribution in [0.3, 0.4) is 0 Å². The predicted octanol–water partition coefficient (Wildman–Crippen LogP) is 1.04. The number of ether oxygens (including phenoxy) is 1. The largest absolute Gasteiger partial charge is 0.493 e. The summed E-state index contributed by atoms with van der Waals surface area (Å²) in [6, 6.07) is 5.10. The molecule has 0 spiro atoms. The number of hydrogen-bond acceptors (Lipinski definition) is 4. The normalized spacial score (nSPS) is 21.2. The minimum atomic E-state index is -3.47. The second-order valence-electron chi connectivity index (χ2n) is 5.78. The summed E-state index contributed by atoms with van der Waals surface area (Å²) in [6.07, 6.45) is 2.39. The van der Waals surface area contributed by atoms with E-state index in [1.807, 2.05) is 6.92 Å². The molecule has 0 amide bonds. The van der Waals surface area contributed by atoms with Crippen LogP contribution < -0.4 is 14.8 Å². The topological polar surface area (TPSA) is 67.4 Å². The van der Waals surface area contributed by atoms with Crippen molar-refractivity contribution in [3.8, 4) is 5.75 Å². The molecule has 1 aromatic rings. The Bertz CT molecular complexity index is 607. The van der Waals surface area contributed by atoms with E-state index in [1.165, 1.54) is 0 Å². The molecule has 2 aliphatic heterocycles. The molecule has 20 heavy (non-hydrogen) atoms. The van der Waals surface area contributed by atoms with Crippen LogP contribution in [0.2, 0.25) is 0 Å². The van der Waals surface area contributed by atoms with Crippen molar-refractivity contribution in [2.45, 2.75) is 36.6 Å². The van der Waals surface area contributed by atoms with Crippen molar-refractivity contribution in [3.63, 3.8) is 0 Å². The summed E-state index contributed by atoms with van der Waals surface area (Å²) >= 11 is 0. The average molecular weight is 296 g/mol. The van der Waals surface area contributed by atoms with E-state index in [1.54, 1.807) is 18.2 Å². The highest BCUT2D eigenvalue weighted by Gasteiger charge is 2.32. The number of piperidine rings is 1. The SMILES string of the molecule is CC1(NS(=O)(=O)c2ccc3c(c2)CCO3)CCNCC1. The van der Waals surface area contributed by atoms with Crippen LogP contribution in [0.1, 0.15) is 25.3 Å². The fourth-order valence-corrected chi connectivity index (χ4v) is 4.31. The van der Waals surface area contributed by atoms with E-state index in [-0.39, 0.29) is 5.54 Å². The van der Waals surface area contributed by atoms with E-state index in [0.717, 1.165) is 43.7 Å². The maximum atomic E-state index is 12.5. The Morgan fingerprint density at radius 2 is 2.05 bits per heavy atom. The first-order chi connectivity index (χ1) is 9.49. The van der Waals surface area contributed by atoms with Crippen LogP contribution in [0, 0.1) is 0 Å². The molecule has 2 N–H and O–H groups in total. The van der Waals surface area contributed by atoms with Crippen molar-refractivity contribution in [1.82, 2.24) is 10.0 Å². The molecule has 1 aromatic carbocycles. The number of hydrogen-bond donors (Lipinski definition) is 2. The molecule has 1 saturated heterocycles. The molecule has 0 aromatic heterocycles. The van der Waals surface area contributed by atoms with Crippen molar-refractivity contribution in [1.29, 1.82) is 0 Å². The summed E-state index contributed by atoms with van der Waals surface area (Å²) in [5.41, 5.74) is 0.614. The minimum absolute atomic E-state index is 0.335. The van der Waals surface area contributed by atoms with E-state index in [9.17, 15) is 8.42 Å². The van der Waals surface area contributed by atoms with Gasteiger partial charge in [0.1, 0.15) is 5.75 Å². The fourth-order valence-electron chi connectivity index (χ4n) is 2.79. The second kappa shape index (κ2) is 5.02. The lowest BCUT2D eigenvalue weighted by Crippen LogP contribution is -2.52. The quantitative estimate of drug-likeness (QED) is 0.874. The van der Waals surface area contributed by atoms with Gasteiger partial charge in [0.15, 0.2) is 0 Å². The second-order valence-corrected chi connectivity index (χ2v) is 7.47. The highest BCUT2D eigenvalue weighted by Crippen LogP contribution is 2.28. The number of rotatable bonds is 3. The molecule has 2 heterocycles. The van der Waals surface area contributed by atoms with Crippen molar-refractivity contribution >= 4 is 10.0 Å². The molecule has 0 aliphatic carbocycles. The van der Waals surface area contributed by atoms with Gasteiger partial charge >= 0.3 is 0 Å². The van der Waals surface area contributed by atoms with Crippen LogP contribution in [0.25, 0.3) is 0 Å². The van der Waals surface area contributed by atoms with E-state index in [4.69, 9.17) is 4.74 Å². The molecular formula is C14H20N2O3S. The summed E-state index contributed by atoms with van der Waals surface area (Å²) in [4.78, 5) is 0.335. The first kappa shape index (κ1) is 13.9. The molecule has 5 nitrogen and oxygen atoms in total. The van der Waals surface area contributed by atoms with E-state index in [0.29, 0.717) is 11.5 Å². The highest BCUT2D eigenvalue weighted by molar-refractivity contribution is 7.89. The molecule has 3 rings (SSSR count). The summed E-state index contributed by atoms with van der Waals surface area (Å²) in [5, 5.41) is 3.25. The minimum Gasteiger partial charge on any atom is -0.493 e. The third kappa shape index (κ3) is 2.68. The van der Waals surface area contributed by atoms with Gasteiger partial charge in [-0.05, 0) is 56.6 Å². The van der Waals surface area contributed by atoms with Crippen LogP contribution in [0.4, 0.5) is 0 Å². The van der Waals surface area contributed by atoms with Crippen LogP contribution in [0.15, 0.2) is 23.1 Å². The Labute approximate surface area is 119 Å². The van der Waals surface area contributed by atoms with Crippen molar-refractivity contribution in [3.05, 3.63) is 23.8 Å². The third-order valence-corrected chi connectivity index (χ3v) is 5.70. The molecule has 0 unspecified atom stereocenters. The van der Waals surface area contributed by atoms with Crippen LogP contribution in [-0.4, -0.2) is 33.7 Å². The van der Waals surface area contributed by atoms with Crippen molar-refractivity contribution in [2.75, 3.05) is 19.7 Å². The van der Waals surface area contributed by atoms with Gasteiger partial charge in [0.05, 0.1) is 11.5 Å². The van der Waals surface area contributed by atoms with Gasteiger partial charge in [-0.15, -0.1) is 0 Å². The van der Waals surface area contributed by atoms with Crippen molar-refractivity contribution in [2.24, 2.45) is 0 Å². The monoisotopic (exact) mass is 296 g/mol. The zero-order chi connectivity index (χ0) is 14.2. The molecule has 1 fully saturated rings. The maximum absolute atomic E-state index is 12.5. The number of benzene rings is 1. The zero-order valence-corrected chi connectivity index (χ0v) is 12.4. The van der Waals surface area contributed by atoms with E-state index in [2.05, 4.69) is 10.0 Å². The predicted molar refractivity (Wildman–Crippen MR) is 76.5 cm³/mol. The van der Waals surface area contributed by atoms with Gasteiger partial charge in [0, 0.05) is 12.0 Å². The highest BCUT2D eigenvalue weighted by atomic mass is 32.2. The number of fused-ring (bicyclic) bond motifs is 1.